The smallest absolute Gasteiger partial charge is 0.151 e. The van der Waals surface area contributed by atoms with Crippen molar-refractivity contribution in [2.75, 3.05) is 5.73 Å². The molecule has 2 rings (SSSR count). The van der Waals surface area contributed by atoms with Crippen LogP contribution >= 0.6 is 34.8 Å². The molecule has 0 aliphatic heterocycles. The van der Waals surface area contributed by atoms with Gasteiger partial charge >= 0.3 is 0 Å². The lowest BCUT2D eigenvalue weighted by Crippen LogP contribution is -1.94. The minimum atomic E-state index is 0.441. The van der Waals surface area contributed by atoms with E-state index in [9.17, 15) is 0 Å². The largest absolute Gasteiger partial charge is 0.454 e. The normalized spacial score (nSPS) is 10.4. The van der Waals surface area contributed by atoms with Crippen LogP contribution in [0.2, 0.25) is 15.1 Å². The van der Waals surface area contributed by atoms with E-state index in [0.717, 1.165) is 5.56 Å². The zero-order chi connectivity index (χ0) is 13.3. The monoisotopic (exact) mass is 301 g/mol. The van der Waals surface area contributed by atoms with Gasteiger partial charge in [-0.15, -0.1) is 0 Å². The molecule has 2 aromatic carbocycles. The molecule has 0 aromatic heterocycles. The van der Waals surface area contributed by atoms with Crippen molar-refractivity contribution in [1.29, 1.82) is 0 Å². The van der Waals surface area contributed by atoms with Crippen molar-refractivity contribution in [3.05, 3.63) is 51.0 Å². The van der Waals surface area contributed by atoms with Gasteiger partial charge in [-0.05, 0) is 30.7 Å². The van der Waals surface area contributed by atoms with Crippen molar-refractivity contribution in [3.63, 3.8) is 0 Å². The fraction of sp³-hybridized carbons (Fsp3) is 0.0769. The maximum Gasteiger partial charge on any atom is 0.151 e. The lowest BCUT2D eigenvalue weighted by molar-refractivity contribution is 0.485. The minimum absolute atomic E-state index is 0.441. The second-order valence-corrected chi connectivity index (χ2v) is 5.07. The number of hydrogen-bond acceptors (Lipinski definition) is 2. The highest BCUT2D eigenvalue weighted by Gasteiger charge is 2.09. The van der Waals surface area contributed by atoms with E-state index in [2.05, 4.69) is 0 Å². The van der Waals surface area contributed by atoms with Crippen molar-refractivity contribution >= 4 is 40.5 Å². The molecule has 0 aliphatic carbocycles. The molecule has 0 spiro atoms. The molecular formula is C13H10Cl3NO. The lowest BCUT2D eigenvalue weighted by atomic mass is 10.2. The molecule has 2 aromatic rings. The first-order valence-corrected chi connectivity index (χ1v) is 6.29. The fourth-order valence-corrected chi connectivity index (χ4v) is 1.92. The molecule has 0 unspecified atom stereocenters. The van der Waals surface area contributed by atoms with Crippen molar-refractivity contribution in [2.45, 2.75) is 6.92 Å². The molecule has 2 N–H and O–H groups in total. The molecule has 94 valence electrons. The number of halogens is 3. The molecule has 0 fully saturated rings. The third kappa shape index (κ3) is 2.83. The average molecular weight is 303 g/mol. The summed E-state index contributed by atoms with van der Waals surface area (Å²) in [6.45, 7) is 1.87. The zero-order valence-corrected chi connectivity index (χ0v) is 11.8. The average Bonchev–Trinajstić information content (AvgIpc) is 2.30. The Labute approximate surface area is 120 Å². The fourth-order valence-electron chi connectivity index (χ4n) is 1.45. The molecule has 2 nitrogen and oxygen atoms in total. The first-order chi connectivity index (χ1) is 8.47. The van der Waals surface area contributed by atoms with E-state index in [1.165, 1.54) is 0 Å². The first kappa shape index (κ1) is 13.3. The summed E-state index contributed by atoms with van der Waals surface area (Å²) in [6, 6.07) is 8.37. The van der Waals surface area contributed by atoms with Gasteiger partial charge in [-0.3, -0.25) is 0 Å². The van der Waals surface area contributed by atoms with Gasteiger partial charge in [0.2, 0.25) is 0 Å². The summed E-state index contributed by atoms with van der Waals surface area (Å²) < 4.78 is 5.63. The zero-order valence-electron chi connectivity index (χ0n) is 9.51. The van der Waals surface area contributed by atoms with E-state index in [4.69, 9.17) is 45.3 Å². The third-order valence-electron chi connectivity index (χ3n) is 2.40. The van der Waals surface area contributed by atoms with Crippen LogP contribution in [-0.2, 0) is 0 Å². The topological polar surface area (TPSA) is 35.2 Å². The van der Waals surface area contributed by atoms with E-state index in [-0.39, 0.29) is 0 Å². The molecule has 0 amide bonds. The highest BCUT2D eigenvalue weighted by atomic mass is 35.5. The Balaban J connectivity index is 2.40. The predicted molar refractivity (Wildman–Crippen MR) is 77.1 cm³/mol. The van der Waals surface area contributed by atoms with Gasteiger partial charge < -0.3 is 10.5 Å². The van der Waals surface area contributed by atoms with E-state index < -0.39 is 0 Å². The summed E-state index contributed by atoms with van der Waals surface area (Å²) in [4.78, 5) is 0. The number of nitrogen functional groups attached to an aromatic ring is 1. The number of hydrogen-bond donors (Lipinski definition) is 1. The van der Waals surface area contributed by atoms with Gasteiger partial charge in [0.05, 0.1) is 10.7 Å². The molecule has 0 saturated carbocycles. The summed E-state index contributed by atoms with van der Waals surface area (Å²) in [5.74, 6) is 0.894. The minimum Gasteiger partial charge on any atom is -0.454 e. The second-order valence-electron chi connectivity index (χ2n) is 3.82. The second kappa shape index (κ2) is 5.27. The van der Waals surface area contributed by atoms with Gasteiger partial charge in [-0.1, -0.05) is 34.8 Å². The Bertz CT molecular complexity index is 599. The molecule has 0 aliphatic rings. The number of anilines is 1. The van der Waals surface area contributed by atoms with Crippen LogP contribution in [0.1, 0.15) is 5.56 Å². The van der Waals surface area contributed by atoms with Gasteiger partial charge in [0.15, 0.2) is 5.75 Å². The van der Waals surface area contributed by atoms with E-state index in [1.807, 2.05) is 6.92 Å². The molecule has 0 heterocycles. The van der Waals surface area contributed by atoms with Gasteiger partial charge in [0, 0.05) is 22.2 Å². The molecular weight excluding hydrogens is 293 g/mol. The number of nitrogens with two attached hydrogens (primary N) is 1. The summed E-state index contributed by atoms with van der Waals surface area (Å²) in [5.41, 5.74) is 7.25. The van der Waals surface area contributed by atoms with E-state index in [0.29, 0.717) is 32.3 Å². The maximum absolute atomic E-state index is 6.03. The summed E-state index contributed by atoms with van der Waals surface area (Å²) in [6.07, 6.45) is 0. The number of benzene rings is 2. The predicted octanol–water partition coefficient (Wildman–Crippen LogP) is 5.33. The van der Waals surface area contributed by atoms with E-state index >= 15 is 0 Å². The van der Waals surface area contributed by atoms with Crippen LogP contribution in [0.3, 0.4) is 0 Å². The number of rotatable bonds is 2. The summed E-state index contributed by atoms with van der Waals surface area (Å²) in [5, 5.41) is 1.57. The van der Waals surface area contributed by atoms with Gasteiger partial charge in [0.1, 0.15) is 5.75 Å². The van der Waals surface area contributed by atoms with Crippen molar-refractivity contribution in [2.24, 2.45) is 0 Å². The standard InChI is InChI=1S/C13H10Cl3NO/c1-7-4-11(17)13(6-10(7)16)18-12-5-8(14)2-3-9(12)15/h2-6H,17H2,1H3. The SMILES string of the molecule is Cc1cc(N)c(Oc2cc(Cl)ccc2Cl)cc1Cl. The van der Waals surface area contributed by atoms with Crippen LogP contribution in [0.4, 0.5) is 5.69 Å². The molecule has 0 bridgehead atoms. The van der Waals surface area contributed by atoms with E-state index in [1.54, 1.807) is 30.3 Å². The van der Waals surface area contributed by atoms with Crippen LogP contribution in [0, 0.1) is 6.92 Å². The quantitative estimate of drug-likeness (QED) is 0.761. The molecule has 18 heavy (non-hydrogen) atoms. The number of ether oxygens (including phenoxy) is 1. The van der Waals surface area contributed by atoms with Crippen molar-refractivity contribution in [1.82, 2.24) is 0 Å². The van der Waals surface area contributed by atoms with Crippen LogP contribution < -0.4 is 10.5 Å². The van der Waals surface area contributed by atoms with Gasteiger partial charge in [0.25, 0.3) is 0 Å². The Hall–Kier alpha value is -1.09. The van der Waals surface area contributed by atoms with Gasteiger partial charge in [-0.2, -0.15) is 0 Å². The van der Waals surface area contributed by atoms with Gasteiger partial charge in [-0.25, -0.2) is 0 Å². The van der Waals surface area contributed by atoms with Crippen LogP contribution in [0.5, 0.6) is 11.5 Å². The third-order valence-corrected chi connectivity index (χ3v) is 3.36. The molecule has 5 heteroatoms. The Kier molecular flexibility index (Phi) is 3.91. The Morgan fingerprint density at radius 2 is 1.67 bits per heavy atom. The van der Waals surface area contributed by atoms with Crippen molar-refractivity contribution < 1.29 is 4.74 Å². The number of aryl methyl sites for hydroxylation is 1. The van der Waals surface area contributed by atoms with Crippen LogP contribution in [-0.4, -0.2) is 0 Å². The first-order valence-electron chi connectivity index (χ1n) is 5.16. The Morgan fingerprint density at radius 3 is 2.39 bits per heavy atom. The highest BCUT2D eigenvalue weighted by molar-refractivity contribution is 6.34. The molecule has 0 atom stereocenters. The van der Waals surface area contributed by atoms with Crippen LogP contribution in [0.25, 0.3) is 0 Å². The molecule has 0 saturated heterocycles. The molecule has 0 radical (unpaired) electrons. The lowest BCUT2D eigenvalue weighted by Gasteiger charge is -2.11. The maximum atomic E-state index is 6.03. The van der Waals surface area contributed by atoms with Crippen LogP contribution in [0.15, 0.2) is 30.3 Å². The Morgan fingerprint density at radius 1 is 0.944 bits per heavy atom. The van der Waals surface area contributed by atoms with Crippen molar-refractivity contribution in [3.8, 4) is 11.5 Å². The summed E-state index contributed by atoms with van der Waals surface area (Å²) in [7, 11) is 0. The highest BCUT2D eigenvalue weighted by Crippen LogP contribution is 2.36. The summed E-state index contributed by atoms with van der Waals surface area (Å²) >= 11 is 17.9.